The summed E-state index contributed by atoms with van der Waals surface area (Å²) in [7, 11) is 4.01. The number of benzene rings is 3. The number of anilines is 1. The van der Waals surface area contributed by atoms with Crippen molar-refractivity contribution in [3.8, 4) is 0 Å². The fourth-order valence-corrected chi connectivity index (χ4v) is 4.15. The molecule has 3 aromatic carbocycles. The molecule has 0 saturated carbocycles. The van der Waals surface area contributed by atoms with E-state index in [-0.39, 0.29) is 11.9 Å². The van der Waals surface area contributed by atoms with Gasteiger partial charge in [0.05, 0.1) is 6.04 Å². The third kappa shape index (κ3) is 4.39. The molecule has 1 saturated heterocycles. The zero-order valence-electron chi connectivity index (χ0n) is 17.7. The number of nitrogens with zero attached hydrogens (tertiary/aromatic N) is 3. The molecule has 1 amide bonds. The van der Waals surface area contributed by atoms with Crippen molar-refractivity contribution in [2.75, 3.05) is 45.2 Å². The van der Waals surface area contributed by atoms with Crippen LogP contribution in [0.15, 0.2) is 84.9 Å². The van der Waals surface area contributed by atoms with Crippen molar-refractivity contribution in [1.82, 2.24) is 9.80 Å². The molecule has 0 aromatic heterocycles. The molecule has 1 heterocycles. The number of hydrogen-bond donors (Lipinski definition) is 0. The number of hydrogen-bond acceptors (Lipinski definition) is 3. The molecular formula is C26H29N3O. The third-order valence-electron chi connectivity index (χ3n) is 5.83. The van der Waals surface area contributed by atoms with Gasteiger partial charge < -0.3 is 9.80 Å². The summed E-state index contributed by atoms with van der Waals surface area (Å²) in [6.07, 6.45) is 0. The van der Waals surface area contributed by atoms with Gasteiger partial charge in [0, 0.05) is 51.5 Å². The highest BCUT2D eigenvalue weighted by molar-refractivity contribution is 5.94. The zero-order valence-corrected chi connectivity index (χ0v) is 17.7. The predicted octanol–water partition coefficient (Wildman–Crippen LogP) is 4.30. The summed E-state index contributed by atoms with van der Waals surface area (Å²) in [5, 5.41) is 0. The topological polar surface area (TPSA) is 26.8 Å². The van der Waals surface area contributed by atoms with Crippen molar-refractivity contribution in [1.29, 1.82) is 0 Å². The van der Waals surface area contributed by atoms with Gasteiger partial charge in [-0.25, -0.2) is 0 Å². The number of amides is 1. The number of carbonyl (C=O) groups excluding carboxylic acids is 1. The SMILES string of the molecule is CN(C)c1ccc(C(=O)N2CCN(C(c3ccccc3)c3ccccc3)CC2)cc1. The lowest BCUT2D eigenvalue weighted by atomic mass is 9.96. The van der Waals surface area contributed by atoms with Gasteiger partial charge in [-0.05, 0) is 35.4 Å². The normalized spacial score (nSPS) is 14.7. The van der Waals surface area contributed by atoms with Crippen LogP contribution in [0.5, 0.6) is 0 Å². The molecule has 30 heavy (non-hydrogen) atoms. The molecular weight excluding hydrogens is 370 g/mol. The molecule has 0 N–H and O–H groups in total. The highest BCUT2D eigenvalue weighted by atomic mass is 16.2. The molecule has 1 aliphatic heterocycles. The molecule has 0 aliphatic carbocycles. The van der Waals surface area contributed by atoms with Gasteiger partial charge >= 0.3 is 0 Å². The fourth-order valence-electron chi connectivity index (χ4n) is 4.15. The molecule has 0 bridgehead atoms. The predicted molar refractivity (Wildman–Crippen MR) is 123 cm³/mol. The first-order valence-corrected chi connectivity index (χ1v) is 10.5. The highest BCUT2D eigenvalue weighted by Gasteiger charge is 2.28. The summed E-state index contributed by atoms with van der Waals surface area (Å²) >= 11 is 0. The van der Waals surface area contributed by atoms with Crippen LogP contribution in [0.2, 0.25) is 0 Å². The van der Waals surface area contributed by atoms with Gasteiger partial charge in [0.2, 0.25) is 0 Å². The molecule has 4 heteroatoms. The molecule has 4 nitrogen and oxygen atoms in total. The van der Waals surface area contributed by atoms with Crippen molar-refractivity contribution in [2.24, 2.45) is 0 Å². The minimum absolute atomic E-state index is 0.121. The molecule has 1 aliphatic rings. The smallest absolute Gasteiger partial charge is 0.253 e. The Labute approximate surface area is 179 Å². The average molecular weight is 400 g/mol. The van der Waals surface area contributed by atoms with E-state index in [1.54, 1.807) is 0 Å². The van der Waals surface area contributed by atoms with Crippen LogP contribution in [0.4, 0.5) is 5.69 Å². The third-order valence-corrected chi connectivity index (χ3v) is 5.83. The molecule has 0 radical (unpaired) electrons. The summed E-state index contributed by atoms with van der Waals surface area (Å²) in [4.78, 5) is 19.5. The number of piperazine rings is 1. The van der Waals surface area contributed by atoms with Gasteiger partial charge in [-0.3, -0.25) is 9.69 Å². The zero-order chi connectivity index (χ0) is 20.9. The van der Waals surface area contributed by atoms with E-state index < -0.39 is 0 Å². The van der Waals surface area contributed by atoms with Crippen LogP contribution in [0.3, 0.4) is 0 Å². The van der Waals surface area contributed by atoms with Gasteiger partial charge in [0.15, 0.2) is 0 Å². The van der Waals surface area contributed by atoms with E-state index in [0.29, 0.717) is 0 Å². The van der Waals surface area contributed by atoms with Crippen LogP contribution < -0.4 is 4.90 Å². The van der Waals surface area contributed by atoms with E-state index in [0.717, 1.165) is 37.4 Å². The van der Waals surface area contributed by atoms with Gasteiger partial charge in [-0.2, -0.15) is 0 Å². The lowest BCUT2D eigenvalue weighted by Crippen LogP contribution is -2.49. The Hall–Kier alpha value is -3.11. The second-order valence-corrected chi connectivity index (χ2v) is 7.99. The maximum absolute atomic E-state index is 13.0. The molecule has 154 valence electrons. The monoisotopic (exact) mass is 399 g/mol. The Kier molecular flexibility index (Phi) is 6.15. The van der Waals surface area contributed by atoms with Crippen molar-refractivity contribution in [3.05, 3.63) is 102 Å². The van der Waals surface area contributed by atoms with Crippen LogP contribution in [0, 0.1) is 0 Å². The van der Waals surface area contributed by atoms with E-state index in [2.05, 4.69) is 65.6 Å². The standard InChI is InChI=1S/C26H29N3O/c1-27(2)24-15-13-23(14-16-24)26(30)29-19-17-28(18-20-29)25(21-9-5-3-6-10-21)22-11-7-4-8-12-22/h3-16,25H,17-20H2,1-2H3. The van der Waals surface area contributed by atoms with E-state index in [9.17, 15) is 4.79 Å². The maximum atomic E-state index is 13.0. The minimum atomic E-state index is 0.121. The average Bonchev–Trinajstić information content (AvgIpc) is 2.81. The molecule has 0 spiro atoms. The van der Waals surface area contributed by atoms with Gasteiger partial charge in [0.25, 0.3) is 5.91 Å². The Morgan fingerprint density at radius 3 is 1.70 bits per heavy atom. The first kappa shape index (κ1) is 20.2. The van der Waals surface area contributed by atoms with Crippen molar-refractivity contribution < 1.29 is 4.79 Å². The van der Waals surface area contributed by atoms with Gasteiger partial charge in [0.1, 0.15) is 0 Å². The molecule has 0 atom stereocenters. The van der Waals surface area contributed by atoms with Gasteiger partial charge in [-0.1, -0.05) is 60.7 Å². The van der Waals surface area contributed by atoms with Crippen molar-refractivity contribution >= 4 is 11.6 Å². The highest BCUT2D eigenvalue weighted by Crippen LogP contribution is 2.29. The minimum Gasteiger partial charge on any atom is -0.378 e. The fraction of sp³-hybridized carbons (Fsp3) is 0.269. The van der Waals surface area contributed by atoms with E-state index in [1.807, 2.05) is 48.2 Å². The second kappa shape index (κ2) is 9.14. The van der Waals surface area contributed by atoms with Crippen LogP contribution in [-0.2, 0) is 0 Å². The maximum Gasteiger partial charge on any atom is 0.253 e. The van der Waals surface area contributed by atoms with E-state index in [4.69, 9.17) is 0 Å². The summed E-state index contributed by atoms with van der Waals surface area (Å²) < 4.78 is 0. The Bertz CT molecular complexity index is 907. The largest absolute Gasteiger partial charge is 0.378 e. The first-order chi connectivity index (χ1) is 14.6. The van der Waals surface area contributed by atoms with E-state index >= 15 is 0 Å². The lowest BCUT2D eigenvalue weighted by Gasteiger charge is -2.39. The summed E-state index contributed by atoms with van der Waals surface area (Å²) in [5.41, 5.74) is 4.45. The summed E-state index contributed by atoms with van der Waals surface area (Å²) in [6, 6.07) is 29.4. The molecule has 4 rings (SSSR count). The number of rotatable bonds is 5. The quantitative estimate of drug-likeness (QED) is 0.640. The van der Waals surface area contributed by atoms with Crippen molar-refractivity contribution in [3.63, 3.8) is 0 Å². The van der Waals surface area contributed by atoms with Crippen LogP contribution in [0.25, 0.3) is 0 Å². The Balaban J connectivity index is 1.47. The Morgan fingerprint density at radius 1 is 0.733 bits per heavy atom. The lowest BCUT2D eigenvalue weighted by molar-refractivity contribution is 0.0597. The molecule has 3 aromatic rings. The van der Waals surface area contributed by atoms with Crippen LogP contribution in [-0.4, -0.2) is 56.0 Å². The summed E-state index contributed by atoms with van der Waals surface area (Å²) in [6.45, 7) is 3.20. The first-order valence-electron chi connectivity index (χ1n) is 10.5. The van der Waals surface area contributed by atoms with Gasteiger partial charge in [-0.15, -0.1) is 0 Å². The van der Waals surface area contributed by atoms with Crippen LogP contribution >= 0.6 is 0 Å². The van der Waals surface area contributed by atoms with Crippen molar-refractivity contribution in [2.45, 2.75) is 6.04 Å². The molecule has 0 unspecified atom stereocenters. The van der Waals surface area contributed by atoms with E-state index in [1.165, 1.54) is 11.1 Å². The number of carbonyl (C=O) groups is 1. The Morgan fingerprint density at radius 2 is 1.23 bits per heavy atom. The molecule has 1 fully saturated rings. The van der Waals surface area contributed by atoms with Crippen LogP contribution in [0.1, 0.15) is 27.5 Å². The summed E-state index contributed by atoms with van der Waals surface area (Å²) in [5.74, 6) is 0.121. The second-order valence-electron chi connectivity index (χ2n) is 7.99.